The molecule has 3 rings (SSSR count). The highest BCUT2D eigenvalue weighted by molar-refractivity contribution is 7.20. The molecule has 1 saturated heterocycles. The Kier molecular flexibility index (Phi) is 5.33. The van der Waals surface area contributed by atoms with Gasteiger partial charge in [-0.25, -0.2) is 9.97 Å². The van der Waals surface area contributed by atoms with Gasteiger partial charge in [0.15, 0.2) is 0 Å². The summed E-state index contributed by atoms with van der Waals surface area (Å²) >= 11 is 1.49. The molecule has 130 valence electrons. The SMILES string of the molecule is CCCCNC(=O)c1sc2nc(C)nc(N3CCCCC3)c2c1C. The number of amides is 1. The molecule has 2 aromatic heterocycles. The lowest BCUT2D eigenvalue weighted by Crippen LogP contribution is -2.30. The van der Waals surface area contributed by atoms with Crippen LogP contribution in [0.15, 0.2) is 0 Å². The van der Waals surface area contributed by atoms with E-state index in [9.17, 15) is 4.79 Å². The molecule has 1 aliphatic heterocycles. The Morgan fingerprint density at radius 2 is 1.96 bits per heavy atom. The molecule has 0 spiro atoms. The standard InChI is InChI=1S/C18H26N4OS/c1-4-5-9-19-17(23)15-12(2)14-16(22-10-7-6-8-11-22)20-13(3)21-18(14)24-15/h4-11H2,1-3H3,(H,19,23). The van der Waals surface area contributed by atoms with Crippen molar-refractivity contribution in [2.24, 2.45) is 0 Å². The van der Waals surface area contributed by atoms with Crippen LogP contribution in [0.3, 0.4) is 0 Å². The zero-order chi connectivity index (χ0) is 17.1. The Balaban J connectivity index is 1.99. The van der Waals surface area contributed by atoms with Gasteiger partial charge in [-0.15, -0.1) is 11.3 Å². The Bertz CT molecular complexity index is 734. The summed E-state index contributed by atoms with van der Waals surface area (Å²) in [7, 11) is 0. The number of carbonyl (C=O) groups is 1. The van der Waals surface area contributed by atoms with Gasteiger partial charge in [-0.2, -0.15) is 0 Å². The largest absolute Gasteiger partial charge is 0.356 e. The molecule has 2 aromatic rings. The first-order valence-corrected chi connectivity index (χ1v) is 9.74. The molecule has 6 heteroatoms. The van der Waals surface area contributed by atoms with E-state index in [0.717, 1.165) is 64.8 Å². The summed E-state index contributed by atoms with van der Waals surface area (Å²) in [5, 5.41) is 4.09. The summed E-state index contributed by atoms with van der Waals surface area (Å²) in [6.07, 6.45) is 5.79. The molecule has 24 heavy (non-hydrogen) atoms. The van der Waals surface area contributed by atoms with Crippen molar-refractivity contribution in [2.45, 2.75) is 52.9 Å². The highest BCUT2D eigenvalue weighted by Crippen LogP contribution is 2.36. The molecular formula is C18H26N4OS. The van der Waals surface area contributed by atoms with Crippen molar-refractivity contribution < 1.29 is 4.79 Å². The molecular weight excluding hydrogens is 320 g/mol. The van der Waals surface area contributed by atoms with Gasteiger partial charge in [-0.1, -0.05) is 13.3 Å². The predicted molar refractivity (Wildman–Crippen MR) is 100 cm³/mol. The molecule has 0 saturated carbocycles. The van der Waals surface area contributed by atoms with Gasteiger partial charge in [-0.3, -0.25) is 4.79 Å². The van der Waals surface area contributed by atoms with Crippen molar-refractivity contribution in [1.29, 1.82) is 0 Å². The Hall–Kier alpha value is -1.69. The average Bonchev–Trinajstić information content (AvgIpc) is 2.92. The summed E-state index contributed by atoms with van der Waals surface area (Å²) in [5.74, 6) is 1.81. The van der Waals surface area contributed by atoms with Crippen molar-refractivity contribution in [3.8, 4) is 0 Å². The van der Waals surface area contributed by atoms with Crippen molar-refractivity contribution in [3.05, 3.63) is 16.3 Å². The van der Waals surface area contributed by atoms with E-state index in [1.807, 2.05) is 13.8 Å². The Labute approximate surface area is 147 Å². The van der Waals surface area contributed by atoms with Gasteiger partial charge in [0.25, 0.3) is 5.91 Å². The lowest BCUT2D eigenvalue weighted by Gasteiger charge is -2.28. The molecule has 0 aromatic carbocycles. The smallest absolute Gasteiger partial charge is 0.261 e. The first-order valence-electron chi connectivity index (χ1n) is 8.92. The number of piperidine rings is 1. The molecule has 1 fully saturated rings. The molecule has 1 aliphatic rings. The number of thiophene rings is 1. The zero-order valence-electron chi connectivity index (χ0n) is 14.8. The molecule has 3 heterocycles. The van der Waals surface area contributed by atoms with Gasteiger partial charge in [0.05, 0.1) is 10.3 Å². The number of aromatic nitrogens is 2. The lowest BCUT2D eigenvalue weighted by atomic mass is 10.1. The summed E-state index contributed by atoms with van der Waals surface area (Å²) < 4.78 is 0. The maximum absolute atomic E-state index is 12.5. The van der Waals surface area contributed by atoms with Crippen LogP contribution < -0.4 is 10.2 Å². The monoisotopic (exact) mass is 346 g/mol. The summed E-state index contributed by atoms with van der Waals surface area (Å²) in [5.41, 5.74) is 1.02. The average molecular weight is 347 g/mol. The second-order valence-electron chi connectivity index (χ2n) is 6.49. The third kappa shape index (κ3) is 3.38. The number of nitrogens with one attached hydrogen (secondary N) is 1. The second kappa shape index (κ2) is 7.47. The van der Waals surface area contributed by atoms with E-state index in [0.29, 0.717) is 0 Å². The number of fused-ring (bicyclic) bond motifs is 1. The molecule has 0 aliphatic carbocycles. The number of anilines is 1. The lowest BCUT2D eigenvalue weighted by molar-refractivity contribution is 0.0957. The van der Waals surface area contributed by atoms with Crippen molar-refractivity contribution >= 4 is 33.3 Å². The summed E-state index contributed by atoms with van der Waals surface area (Å²) in [6.45, 7) is 8.90. The van der Waals surface area contributed by atoms with E-state index in [1.54, 1.807) is 0 Å². The number of nitrogens with zero attached hydrogens (tertiary/aromatic N) is 3. The first kappa shape index (κ1) is 17.1. The number of aryl methyl sites for hydroxylation is 2. The fourth-order valence-electron chi connectivity index (χ4n) is 3.23. The molecule has 0 radical (unpaired) electrons. The first-order chi connectivity index (χ1) is 11.6. The van der Waals surface area contributed by atoms with Crippen LogP contribution in [0.4, 0.5) is 5.82 Å². The minimum absolute atomic E-state index is 0.0196. The van der Waals surface area contributed by atoms with Crippen molar-refractivity contribution in [3.63, 3.8) is 0 Å². The minimum Gasteiger partial charge on any atom is -0.356 e. The van der Waals surface area contributed by atoms with Crippen LogP contribution in [0.5, 0.6) is 0 Å². The maximum atomic E-state index is 12.5. The van der Waals surface area contributed by atoms with Crippen LogP contribution in [-0.2, 0) is 0 Å². The molecule has 0 bridgehead atoms. The van der Waals surface area contributed by atoms with Gasteiger partial charge >= 0.3 is 0 Å². The van der Waals surface area contributed by atoms with E-state index in [2.05, 4.69) is 22.1 Å². The minimum atomic E-state index is 0.0196. The van der Waals surface area contributed by atoms with Gasteiger partial charge in [0.1, 0.15) is 16.5 Å². The van der Waals surface area contributed by atoms with Gasteiger partial charge in [0.2, 0.25) is 0 Å². The Morgan fingerprint density at radius 3 is 2.67 bits per heavy atom. The van der Waals surface area contributed by atoms with Crippen LogP contribution in [-0.4, -0.2) is 35.5 Å². The highest BCUT2D eigenvalue weighted by atomic mass is 32.1. The number of hydrogen-bond acceptors (Lipinski definition) is 5. The van der Waals surface area contributed by atoms with Crippen LogP contribution in [0.2, 0.25) is 0 Å². The number of hydrogen-bond donors (Lipinski definition) is 1. The van der Waals surface area contributed by atoms with Crippen LogP contribution in [0, 0.1) is 13.8 Å². The topological polar surface area (TPSA) is 58.1 Å². The van der Waals surface area contributed by atoms with Crippen LogP contribution in [0.25, 0.3) is 10.2 Å². The predicted octanol–water partition coefficient (Wildman–Crippen LogP) is 3.83. The van der Waals surface area contributed by atoms with Crippen molar-refractivity contribution in [1.82, 2.24) is 15.3 Å². The van der Waals surface area contributed by atoms with Gasteiger partial charge in [-0.05, 0) is 45.1 Å². The van der Waals surface area contributed by atoms with E-state index >= 15 is 0 Å². The van der Waals surface area contributed by atoms with E-state index in [-0.39, 0.29) is 5.91 Å². The Morgan fingerprint density at radius 1 is 1.21 bits per heavy atom. The highest BCUT2D eigenvalue weighted by Gasteiger charge is 2.23. The van der Waals surface area contributed by atoms with Crippen LogP contribution in [0.1, 0.15) is 60.1 Å². The summed E-state index contributed by atoms with van der Waals surface area (Å²) in [6, 6.07) is 0. The third-order valence-electron chi connectivity index (χ3n) is 4.56. The number of unbranched alkanes of at least 4 members (excludes halogenated alkanes) is 1. The van der Waals surface area contributed by atoms with E-state index < -0.39 is 0 Å². The molecule has 0 unspecified atom stereocenters. The number of carbonyl (C=O) groups excluding carboxylic acids is 1. The number of rotatable bonds is 5. The zero-order valence-corrected chi connectivity index (χ0v) is 15.6. The molecule has 0 atom stereocenters. The molecule has 1 amide bonds. The maximum Gasteiger partial charge on any atom is 0.261 e. The quantitative estimate of drug-likeness (QED) is 0.836. The fourth-order valence-corrected chi connectivity index (χ4v) is 4.37. The van der Waals surface area contributed by atoms with E-state index in [1.165, 1.54) is 30.6 Å². The fraction of sp³-hybridized carbons (Fsp3) is 0.611. The normalized spacial score (nSPS) is 15.0. The van der Waals surface area contributed by atoms with Crippen molar-refractivity contribution in [2.75, 3.05) is 24.5 Å². The van der Waals surface area contributed by atoms with E-state index in [4.69, 9.17) is 4.98 Å². The third-order valence-corrected chi connectivity index (χ3v) is 5.75. The summed E-state index contributed by atoms with van der Waals surface area (Å²) in [4.78, 5) is 25.9. The van der Waals surface area contributed by atoms with Crippen LogP contribution >= 0.6 is 11.3 Å². The van der Waals surface area contributed by atoms with Gasteiger partial charge < -0.3 is 10.2 Å². The van der Waals surface area contributed by atoms with Gasteiger partial charge in [0, 0.05) is 19.6 Å². The molecule has 5 nitrogen and oxygen atoms in total. The second-order valence-corrected chi connectivity index (χ2v) is 7.49. The molecule has 1 N–H and O–H groups in total.